The molecular weight excluding hydrogens is 378 g/mol. The van der Waals surface area contributed by atoms with Gasteiger partial charge in [-0.1, -0.05) is 46.9 Å². The van der Waals surface area contributed by atoms with Crippen LogP contribution in [0.25, 0.3) is 0 Å². The van der Waals surface area contributed by atoms with Crippen LogP contribution in [0.2, 0.25) is 5.02 Å². The zero-order valence-electron chi connectivity index (χ0n) is 13.2. The SMILES string of the molecule is CCCCOc1ccc(Br)cc1C(=O)Nc1cc(Cl)ccc1C. The van der Waals surface area contributed by atoms with Gasteiger partial charge >= 0.3 is 0 Å². The highest BCUT2D eigenvalue weighted by atomic mass is 79.9. The lowest BCUT2D eigenvalue weighted by molar-refractivity contribution is 0.102. The summed E-state index contributed by atoms with van der Waals surface area (Å²) in [6.07, 6.45) is 1.99. The zero-order chi connectivity index (χ0) is 16.8. The fourth-order valence-electron chi connectivity index (χ4n) is 2.05. The van der Waals surface area contributed by atoms with Crippen LogP contribution in [0.5, 0.6) is 5.75 Å². The Kier molecular flexibility index (Phi) is 6.48. The molecule has 0 aliphatic rings. The Labute approximate surface area is 150 Å². The third kappa shape index (κ3) is 4.98. The summed E-state index contributed by atoms with van der Waals surface area (Å²) >= 11 is 9.41. The molecule has 0 saturated heterocycles. The molecule has 0 bridgehead atoms. The second-order valence-electron chi connectivity index (χ2n) is 5.26. The van der Waals surface area contributed by atoms with E-state index >= 15 is 0 Å². The van der Waals surface area contributed by atoms with Gasteiger partial charge in [-0.25, -0.2) is 0 Å². The van der Waals surface area contributed by atoms with Crippen LogP contribution in [-0.4, -0.2) is 12.5 Å². The van der Waals surface area contributed by atoms with Gasteiger partial charge in [0.2, 0.25) is 0 Å². The molecule has 2 rings (SSSR count). The molecule has 3 nitrogen and oxygen atoms in total. The van der Waals surface area contributed by atoms with Gasteiger partial charge in [0.25, 0.3) is 5.91 Å². The molecule has 122 valence electrons. The average Bonchev–Trinajstić information content (AvgIpc) is 2.52. The molecule has 0 unspecified atom stereocenters. The molecule has 5 heteroatoms. The van der Waals surface area contributed by atoms with E-state index in [9.17, 15) is 4.79 Å². The highest BCUT2D eigenvalue weighted by Gasteiger charge is 2.15. The van der Waals surface area contributed by atoms with E-state index in [4.69, 9.17) is 16.3 Å². The molecule has 0 aromatic heterocycles. The number of halogens is 2. The minimum Gasteiger partial charge on any atom is -0.493 e. The number of unbranched alkanes of at least 4 members (excludes halogenated alkanes) is 1. The van der Waals surface area contributed by atoms with Crippen molar-refractivity contribution in [2.24, 2.45) is 0 Å². The molecule has 0 atom stereocenters. The van der Waals surface area contributed by atoms with Crippen LogP contribution in [-0.2, 0) is 0 Å². The monoisotopic (exact) mass is 395 g/mol. The van der Waals surface area contributed by atoms with Crippen LogP contribution < -0.4 is 10.1 Å². The van der Waals surface area contributed by atoms with E-state index in [-0.39, 0.29) is 5.91 Å². The van der Waals surface area contributed by atoms with E-state index in [0.29, 0.717) is 28.6 Å². The average molecular weight is 397 g/mol. The number of hydrogen-bond donors (Lipinski definition) is 1. The summed E-state index contributed by atoms with van der Waals surface area (Å²) < 4.78 is 6.56. The topological polar surface area (TPSA) is 38.3 Å². The van der Waals surface area contributed by atoms with Gasteiger partial charge in [-0.15, -0.1) is 0 Å². The van der Waals surface area contributed by atoms with Gasteiger partial charge < -0.3 is 10.1 Å². The maximum atomic E-state index is 12.6. The summed E-state index contributed by atoms with van der Waals surface area (Å²) in [6.45, 7) is 4.61. The van der Waals surface area contributed by atoms with Crippen molar-refractivity contribution < 1.29 is 9.53 Å². The van der Waals surface area contributed by atoms with Crippen molar-refractivity contribution in [2.45, 2.75) is 26.7 Å². The van der Waals surface area contributed by atoms with Crippen LogP contribution in [0.3, 0.4) is 0 Å². The van der Waals surface area contributed by atoms with Crippen molar-refractivity contribution in [1.82, 2.24) is 0 Å². The van der Waals surface area contributed by atoms with Crippen LogP contribution in [0.1, 0.15) is 35.7 Å². The van der Waals surface area contributed by atoms with Crippen molar-refractivity contribution in [3.05, 3.63) is 57.0 Å². The minimum absolute atomic E-state index is 0.219. The van der Waals surface area contributed by atoms with Crippen LogP contribution in [0.15, 0.2) is 40.9 Å². The zero-order valence-corrected chi connectivity index (χ0v) is 15.5. The fraction of sp³-hybridized carbons (Fsp3) is 0.278. The van der Waals surface area contributed by atoms with Gasteiger partial charge in [-0.3, -0.25) is 4.79 Å². The summed E-state index contributed by atoms with van der Waals surface area (Å²) in [7, 11) is 0. The van der Waals surface area contributed by atoms with Crippen molar-refractivity contribution in [2.75, 3.05) is 11.9 Å². The summed E-state index contributed by atoms with van der Waals surface area (Å²) in [5.41, 5.74) is 2.14. The van der Waals surface area contributed by atoms with E-state index < -0.39 is 0 Å². The largest absolute Gasteiger partial charge is 0.493 e. The van der Waals surface area contributed by atoms with Gasteiger partial charge in [-0.05, 0) is 49.2 Å². The van der Waals surface area contributed by atoms with Gasteiger partial charge in [-0.2, -0.15) is 0 Å². The first-order chi connectivity index (χ1) is 11.0. The van der Waals surface area contributed by atoms with Crippen molar-refractivity contribution >= 4 is 39.1 Å². The minimum atomic E-state index is -0.219. The fourth-order valence-corrected chi connectivity index (χ4v) is 2.58. The molecule has 1 amide bonds. The number of amides is 1. The number of aryl methyl sites for hydroxylation is 1. The molecule has 0 spiro atoms. The molecule has 0 saturated carbocycles. The second-order valence-corrected chi connectivity index (χ2v) is 6.61. The Morgan fingerprint density at radius 3 is 2.78 bits per heavy atom. The molecule has 23 heavy (non-hydrogen) atoms. The van der Waals surface area contributed by atoms with E-state index in [1.165, 1.54) is 0 Å². The molecule has 0 aliphatic heterocycles. The molecule has 0 radical (unpaired) electrons. The Balaban J connectivity index is 2.23. The second kappa shape index (κ2) is 8.37. The number of ether oxygens (including phenoxy) is 1. The number of benzene rings is 2. The van der Waals surface area contributed by atoms with Gasteiger partial charge in [0, 0.05) is 15.2 Å². The quantitative estimate of drug-likeness (QED) is 0.623. The van der Waals surface area contributed by atoms with Crippen LogP contribution in [0.4, 0.5) is 5.69 Å². The van der Waals surface area contributed by atoms with Gasteiger partial charge in [0.15, 0.2) is 0 Å². The third-order valence-electron chi connectivity index (χ3n) is 3.39. The molecular formula is C18H19BrClNO2. The Morgan fingerprint density at radius 2 is 2.04 bits per heavy atom. The van der Waals surface area contributed by atoms with Crippen LogP contribution >= 0.6 is 27.5 Å². The number of anilines is 1. The Hall–Kier alpha value is -1.52. The van der Waals surface area contributed by atoms with Gasteiger partial charge in [0.1, 0.15) is 5.75 Å². The molecule has 2 aromatic rings. The summed E-state index contributed by atoms with van der Waals surface area (Å²) in [5.74, 6) is 0.363. The summed E-state index contributed by atoms with van der Waals surface area (Å²) in [6, 6.07) is 10.8. The predicted molar refractivity (Wildman–Crippen MR) is 98.7 cm³/mol. The summed E-state index contributed by atoms with van der Waals surface area (Å²) in [5, 5.41) is 3.48. The smallest absolute Gasteiger partial charge is 0.259 e. The van der Waals surface area contributed by atoms with E-state index in [0.717, 1.165) is 22.9 Å². The molecule has 0 aliphatic carbocycles. The lowest BCUT2D eigenvalue weighted by Crippen LogP contribution is -2.15. The lowest BCUT2D eigenvalue weighted by Gasteiger charge is -2.13. The number of carbonyl (C=O) groups is 1. The van der Waals surface area contributed by atoms with Crippen molar-refractivity contribution in [1.29, 1.82) is 0 Å². The first-order valence-electron chi connectivity index (χ1n) is 7.51. The lowest BCUT2D eigenvalue weighted by atomic mass is 10.1. The van der Waals surface area contributed by atoms with Crippen LogP contribution in [0, 0.1) is 6.92 Å². The predicted octanol–water partition coefficient (Wildman–Crippen LogP) is 5.84. The van der Waals surface area contributed by atoms with E-state index in [1.807, 2.05) is 19.1 Å². The normalized spacial score (nSPS) is 10.4. The number of rotatable bonds is 6. The highest BCUT2D eigenvalue weighted by Crippen LogP contribution is 2.26. The number of nitrogens with one attached hydrogen (secondary N) is 1. The Morgan fingerprint density at radius 1 is 1.26 bits per heavy atom. The maximum Gasteiger partial charge on any atom is 0.259 e. The molecule has 0 fully saturated rings. The first-order valence-corrected chi connectivity index (χ1v) is 8.68. The third-order valence-corrected chi connectivity index (χ3v) is 4.12. The molecule has 0 heterocycles. The number of carbonyl (C=O) groups excluding carboxylic acids is 1. The number of hydrogen-bond acceptors (Lipinski definition) is 2. The van der Waals surface area contributed by atoms with Crippen molar-refractivity contribution in [3.63, 3.8) is 0 Å². The standard InChI is InChI=1S/C18H19BrClNO2/c1-3-4-9-23-17-8-6-13(19)10-15(17)18(22)21-16-11-14(20)7-5-12(16)2/h5-8,10-11H,3-4,9H2,1-2H3,(H,21,22). The highest BCUT2D eigenvalue weighted by molar-refractivity contribution is 9.10. The molecule has 1 N–H and O–H groups in total. The maximum absolute atomic E-state index is 12.6. The molecule has 2 aromatic carbocycles. The van der Waals surface area contributed by atoms with E-state index in [2.05, 4.69) is 28.2 Å². The first kappa shape index (κ1) is 17.8. The van der Waals surface area contributed by atoms with Gasteiger partial charge in [0.05, 0.1) is 12.2 Å². The van der Waals surface area contributed by atoms with E-state index in [1.54, 1.807) is 24.3 Å². The van der Waals surface area contributed by atoms with Crippen molar-refractivity contribution in [3.8, 4) is 5.75 Å². The Bertz CT molecular complexity index is 703. The summed E-state index contributed by atoms with van der Waals surface area (Å²) in [4.78, 5) is 12.6.